The van der Waals surface area contributed by atoms with Crippen LogP contribution < -0.4 is 5.32 Å². The zero-order valence-corrected chi connectivity index (χ0v) is 17.9. The number of amides is 1. The summed E-state index contributed by atoms with van der Waals surface area (Å²) < 4.78 is 32.5. The van der Waals surface area contributed by atoms with Gasteiger partial charge in [0.25, 0.3) is 0 Å². The third kappa shape index (κ3) is 5.01. The lowest BCUT2D eigenvalue weighted by molar-refractivity contribution is -0.120. The van der Waals surface area contributed by atoms with Crippen LogP contribution in [-0.4, -0.2) is 49.7 Å². The van der Waals surface area contributed by atoms with Gasteiger partial charge in [0.15, 0.2) is 0 Å². The molecule has 8 heteroatoms. The highest BCUT2D eigenvalue weighted by atomic mass is 32.2. The number of hydrogen-bond acceptors (Lipinski definition) is 5. The van der Waals surface area contributed by atoms with Crippen LogP contribution in [0.4, 0.5) is 5.69 Å². The number of aryl methyl sites for hydroxylation is 1. The number of furan rings is 1. The molecule has 2 rings (SSSR count). The van der Waals surface area contributed by atoms with Crippen molar-refractivity contribution in [2.75, 3.05) is 25.5 Å². The molecule has 2 aromatic rings. The lowest BCUT2D eigenvalue weighted by Crippen LogP contribution is -2.39. The minimum Gasteiger partial charge on any atom is -0.468 e. The Balaban J connectivity index is 2.17. The topological polar surface area (TPSA) is 82.9 Å². The van der Waals surface area contributed by atoms with Crippen LogP contribution >= 0.6 is 0 Å². The Morgan fingerprint density at radius 2 is 1.89 bits per heavy atom. The number of rotatable bonds is 9. The molecule has 1 unspecified atom stereocenters. The number of likely N-dealkylation sites (N-methyl/N-ethyl adjacent to an activating group) is 1. The molecule has 0 aliphatic rings. The molecule has 0 bridgehead atoms. The molecule has 0 radical (unpaired) electrons. The van der Waals surface area contributed by atoms with E-state index in [-0.39, 0.29) is 10.8 Å². The standard InChI is InChI=1S/C20H29N3O4S/c1-6-23(7-2)28(25,26)19-13-17(11-10-15(19)3)21-20(24)16(4)22(5)14-18-9-8-12-27-18/h8-13,16H,6-7,14H2,1-5H3,(H,21,24). The number of nitrogens with zero attached hydrogens (tertiary/aromatic N) is 2. The van der Waals surface area contributed by atoms with Crippen molar-refractivity contribution in [1.29, 1.82) is 0 Å². The SMILES string of the molecule is CCN(CC)S(=O)(=O)c1cc(NC(=O)C(C)N(C)Cc2ccco2)ccc1C. The van der Waals surface area contributed by atoms with Crippen molar-refractivity contribution in [2.45, 2.75) is 45.2 Å². The van der Waals surface area contributed by atoms with Gasteiger partial charge in [0.05, 0.1) is 23.7 Å². The number of carbonyl (C=O) groups excluding carboxylic acids is 1. The predicted molar refractivity (Wildman–Crippen MR) is 110 cm³/mol. The summed E-state index contributed by atoms with van der Waals surface area (Å²) in [6, 6.07) is 8.19. The van der Waals surface area contributed by atoms with E-state index in [9.17, 15) is 13.2 Å². The predicted octanol–water partition coefficient (Wildman–Crippen LogP) is 3.08. The summed E-state index contributed by atoms with van der Waals surface area (Å²) in [5.74, 6) is 0.550. The summed E-state index contributed by atoms with van der Waals surface area (Å²) >= 11 is 0. The Kier molecular flexibility index (Phi) is 7.40. The third-order valence-corrected chi connectivity index (χ3v) is 7.00. The molecule has 1 N–H and O–H groups in total. The maximum absolute atomic E-state index is 12.9. The van der Waals surface area contributed by atoms with E-state index in [1.807, 2.05) is 18.0 Å². The second-order valence-electron chi connectivity index (χ2n) is 6.73. The second-order valence-corrected chi connectivity index (χ2v) is 8.64. The van der Waals surface area contributed by atoms with Crippen molar-refractivity contribution in [2.24, 2.45) is 0 Å². The highest BCUT2D eigenvalue weighted by Crippen LogP contribution is 2.24. The maximum Gasteiger partial charge on any atom is 0.243 e. The molecule has 0 aliphatic carbocycles. The molecule has 0 saturated carbocycles. The molecule has 1 amide bonds. The number of anilines is 1. The van der Waals surface area contributed by atoms with E-state index in [1.165, 1.54) is 10.4 Å². The minimum atomic E-state index is -3.60. The fourth-order valence-electron chi connectivity index (χ4n) is 2.89. The van der Waals surface area contributed by atoms with E-state index < -0.39 is 16.1 Å². The van der Waals surface area contributed by atoms with Gasteiger partial charge in [0.1, 0.15) is 5.76 Å². The summed E-state index contributed by atoms with van der Waals surface area (Å²) in [6.07, 6.45) is 1.60. The van der Waals surface area contributed by atoms with E-state index >= 15 is 0 Å². The summed E-state index contributed by atoms with van der Waals surface area (Å²) in [5, 5.41) is 2.82. The van der Waals surface area contributed by atoms with Crippen molar-refractivity contribution in [1.82, 2.24) is 9.21 Å². The van der Waals surface area contributed by atoms with Crippen molar-refractivity contribution >= 4 is 21.6 Å². The van der Waals surface area contributed by atoms with Crippen LogP contribution in [0.5, 0.6) is 0 Å². The van der Waals surface area contributed by atoms with Crippen molar-refractivity contribution in [3.63, 3.8) is 0 Å². The Morgan fingerprint density at radius 1 is 1.21 bits per heavy atom. The summed E-state index contributed by atoms with van der Waals surface area (Å²) in [7, 11) is -1.77. The molecule has 0 spiro atoms. The average Bonchev–Trinajstić information content (AvgIpc) is 3.16. The zero-order valence-electron chi connectivity index (χ0n) is 17.1. The molecule has 1 atom stereocenters. The van der Waals surface area contributed by atoms with Gasteiger partial charge in [-0.3, -0.25) is 9.69 Å². The smallest absolute Gasteiger partial charge is 0.243 e. The Bertz CT molecular complexity index is 890. The molecule has 0 aliphatic heterocycles. The number of carbonyl (C=O) groups is 1. The first-order chi connectivity index (χ1) is 13.2. The molecule has 1 aromatic heterocycles. The van der Waals surface area contributed by atoms with Crippen LogP contribution in [0.15, 0.2) is 45.9 Å². The van der Waals surface area contributed by atoms with Gasteiger partial charge in [0.2, 0.25) is 15.9 Å². The van der Waals surface area contributed by atoms with E-state index in [0.717, 1.165) is 5.76 Å². The van der Waals surface area contributed by atoms with Gasteiger partial charge in [0, 0.05) is 18.8 Å². The van der Waals surface area contributed by atoms with Crippen LogP contribution in [0.25, 0.3) is 0 Å². The number of nitrogens with one attached hydrogen (secondary N) is 1. The van der Waals surface area contributed by atoms with E-state index in [0.29, 0.717) is 30.9 Å². The summed E-state index contributed by atoms with van der Waals surface area (Å²) in [6.45, 7) is 8.43. The molecular weight excluding hydrogens is 378 g/mol. The maximum atomic E-state index is 12.9. The summed E-state index contributed by atoms with van der Waals surface area (Å²) in [4.78, 5) is 14.7. The lowest BCUT2D eigenvalue weighted by atomic mass is 10.2. The molecular formula is C20H29N3O4S. The fourth-order valence-corrected chi connectivity index (χ4v) is 4.60. The van der Waals surface area contributed by atoms with Gasteiger partial charge in [-0.05, 0) is 50.7 Å². The first-order valence-corrected chi connectivity index (χ1v) is 10.8. The largest absolute Gasteiger partial charge is 0.468 e. The van der Waals surface area contributed by atoms with Crippen molar-refractivity contribution < 1.29 is 17.6 Å². The molecule has 1 aromatic carbocycles. The van der Waals surface area contributed by atoms with Crippen LogP contribution in [0, 0.1) is 6.92 Å². The van der Waals surface area contributed by atoms with Crippen molar-refractivity contribution in [3.05, 3.63) is 47.9 Å². The molecule has 7 nitrogen and oxygen atoms in total. The van der Waals surface area contributed by atoms with Crippen molar-refractivity contribution in [3.8, 4) is 0 Å². The Labute approximate surface area is 167 Å². The Hall–Kier alpha value is -2.16. The van der Waals surface area contributed by atoms with Crippen LogP contribution in [0.2, 0.25) is 0 Å². The number of benzene rings is 1. The average molecular weight is 408 g/mol. The molecule has 1 heterocycles. The monoisotopic (exact) mass is 407 g/mol. The van der Waals surface area contributed by atoms with Crippen LogP contribution in [0.1, 0.15) is 32.1 Å². The zero-order chi connectivity index (χ0) is 20.9. The quantitative estimate of drug-likeness (QED) is 0.691. The van der Waals surface area contributed by atoms with Gasteiger partial charge < -0.3 is 9.73 Å². The van der Waals surface area contributed by atoms with E-state index in [4.69, 9.17) is 4.42 Å². The van der Waals surface area contributed by atoms with Gasteiger partial charge >= 0.3 is 0 Å². The van der Waals surface area contributed by atoms with Crippen LogP contribution in [0.3, 0.4) is 0 Å². The number of hydrogen-bond donors (Lipinski definition) is 1. The summed E-state index contributed by atoms with van der Waals surface area (Å²) in [5.41, 5.74) is 1.10. The third-order valence-electron chi connectivity index (χ3n) is 4.80. The first-order valence-electron chi connectivity index (χ1n) is 9.35. The van der Waals surface area contributed by atoms with Gasteiger partial charge in [-0.2, -0.15) is 4.31 Å². The van der Waals surface area contributed by atoms with Gasteiger partial charge in [-0.15, -0.1) is 0 Å². The molecule has 154 valence electrons. The normalized spacial score (nSPS) is 13.1. The minimum absolute atomic E-state index is 0.214. The highest BCUT2D eigenvalue weighted by Gasteiger charge is 2.25. The fraction of sp³-hybridized carbons (Fsp3) is 0.450. The van der Waals surface area contributed by atoms with Gasteiger partial charge in [-0.25, -0.2) is 8.42 Å². The van der Waals surface area contributed by atoms with Crippen LogP contribution in [-0.2, 0) is 21.4 Å². The number of sulfonamides is 1. The van der Waals surface area contributed by atoms with E-state index in [2.05, 4.69) is 5.32 Å². The Morgan fingerprint density at radius 3 is 2.46 bits per heavy atom. The highest BCUT2D eigenvalue weighted by molar-refractivity contribution is 7.89. The lowest BCUT2D eigenvalue weighted by Gasteiger charge is -2.23. The molecule has 0 fully saturated rings. The first kappa shape index (κ1) is 22.1. The molecule has 0 saturated heterocycles. The van der Waals surface area contributed by atoms with E-state index in [1.54, 1.807) is 52.2 Å². The second kappa shape index (κ2) is 9.36. The molecule has 28 heavy (non-hydrogen) atoms. The van der Waals surface area contributed by atoms with Gasteiger partial charge in [-0.1, -0.05) is 19.9 Å².